The van der Waals surface area contributed by atoms with Crippen molar-refractivity contribution >= 4 is 29.2 Å². The molecule has 0 radical (unpaired) electrons. The lowest BCUT2D eigenvalue weighted by Crippen LogP contribution is -2.17. The summed E-state index contributed by atoms with van der Waals surface area (Å²) in [5.41, 5.74) is 5.55. The van der Waals surface area contributed by atoms with Gasteiger partial charge in [-0.15, -0.1) is 0 Å². The standard InChI is InChI=1S/C18H16N4O2/c1-24-17-7-3-2-5-13(17)6-4-10-21-22-18(23)14-8-9-15-16(11-14)20-12-19-15/h2-12H,1H3,(H,19,20)(H,22,23)/b6-4+,21-10?. The second-order valence-corrected chi connectivity index (χ2v) is 4.95. The van der Waals surface area contributed by atoms with Gasteiger partial charge < -0.3 is 9.72 Å². The van der Waals surface area contributed by atoms with Crippen LogP contribution in [0.1, 0.15) is 15.9 Å². The van der Waals surface area contributed by atoms with Crippen molar-refractivity contribution in [3.05, 3.63) is 66.0 Å². The highest BCUT2D eigenvalue weighted by Gasteiger charge is 2.05. The molecule has 0 fully saturated rings. The number of hydrazone groups is 1. The Labute approximate surface area is 138 Å². The predicted octanol–water partition coefficient (Wildman–Crippen LogP) is 3.00. The van der Waals surface area contributed by atoms with Crippen LogP contribution in [0.25, 0.3) is 17.1 Å². The molecule has 0 aliphatic carbocycles. The van der Waals surface area contributed by atoms with E-state index in [0.717, 1.165) is 22.3 Å². The Morgan fingerprint density at radius 2 is 2.17 bits per heavy atom. The Morgan fingerprint density at radius 1 is 1.29 bits per heavy atom. The maximum absolute atomic E-state index is 12.0. The number of ether oxygens (including phenoxy) is 1. The van der Waals surface area contributed by atoms with Crippen LogP contribution in [0, 0.1) is 0 Å². The topological polar surface area (TPSA) is 79.4 Å². The third-order valence-corrected chi connectivity index (χ3v) is 3.42. The smallest absolute Gasteiger partial charge is 0.271 e. The zero-order chi connectivity index (χ0) is 16.8. The minimum Gasteiger partial charge on any atom is -0.496 e. The van der Waals surface area contributed by atoms with Crippen molar-refractivity contribution in [1.29, 1.82) is 0 Å². The quantitative estimate of drug-likeness (QED) is 0.560. The van der Waals surface area contributed by atoms with Gasteiger partial charge >= 0.3 is 0 Å². The van der Waals surface area contributed by atoms with E-state index in [2.05, 4.69) is 20.5 Å². The van der Waals surface area contributed by atoms with Crippen molar-refractivity contribution in [1.82, 2.24) is 15.4 Å². The van der Waals surface area contributed by atoms with Crippen molar-refractivity contribution < 1.29 is 9.53 Å². The number of nitrogens with one attached hydrogen (secondary N) is 2. The molecule has 3 rings (SSSR count). The molecular weight excluding hydrogens is 304 g/mol. The number of nitrogens with zero attached hydrogens (tertiary/aromatic N) is 2. The van der Waals surface area contributed by atoms with E-state index in [-0.39, 0.29) is 5.91 Å². The largest absolute Gasteiger partial charge is 0.496 e. The normalized spacial score (nSPS) is 11.4. The number of H-pyrrole nitrogens is 1. The van der Waals surface area contributed by atoms with Crippen LogP contribution in [-0.4, -0.2) is 29.2 Å². The number of aromatic nitrogens is 2. The molecule has 3 aromatic rings. The first kappa shape index (κ1) is 15.5. The van der Waals surface area contributed by atoms with E-state index in [9.17, 15) is 4.79 Å². The third kappa shape index (κ3) is 3.49. The van der Waals surface area contributed by atoms with E-state index >= 15 is 0 Å². The zero-order valence-electron chi connectivity index (χ0n) is 13.1. The van der Waals surface area contributed by atoms with Gasteiger partial charge in [-0.25, -0.2) is 10.4 Å². The van der Waals surface area contributed by atoms with Gasteiger partial charge in [0.15, 0.2) is 0 Å². The number of methoxy groups -OCH3 is 1. The Balaban J connectivity index is 1.61. The van der Waals surface area contributed by atoms with Gasteiger partial charge in [-0.2, -0.15) is 5.10 Å². The number of carbonyl (C=O) groups is 1. The Kier molecular flexibility index (Phi) is 4.67. The molecule has 0 spiro atoms. The van der Waals surface area contributed by atoms with Crippen molar-refractivity contribution in [2.45, 2.75) is 0 Å². The molecule has 0 atom stereocenters. The second-order valence-electron chi connectivity index (χ2n) is 4.95. The molecule has 0 bridgehead atoms. The number of carbonyl (C=O) groups excluding carboxylic acids is 1. The molecule has 2 N–H and O–H groups in total. The molecular formula is C18H16N4O2. The predicted molar refractivity (Wildman–Crippen MR) is 94.1 cm³/mol. The van der Waals surface area contributed by atoms with Gasteiger partial charge in [0.1, 0.15) is 5.75 Å². The Bertz CT molecular complexity index is 912. The van der Waals surface area contributed by atoms with Crippen LogP contribution in [0.4, 0.5) is 0 Å². The summed E-state index contributed by atoms with van der Waals surface area (Å²) < 4.78 is 5.25. The molecule has 1 heterocycles. The van der Waals surface area contributed by atoms with E-state index in [1.54, 1.807) is 37.7 Å². The van der Waals surface area contributed by atoms with Crippen LogP contribution in [-0.2, 0) is 0 Å². The van der Waals surface area contributed by atoms with Gasteiger partial charge in [0, 0.05) is 17.3 Å². The van der Waals surface area contributed by atoms with E-state index in [0.29, 0.717) is 5.56 Å². The average molecular weight is 320 g/mol. The highest BCUT2D eigenvalue weighted by atomic mass is 16.5. The first-order chi connectivity index (χ1) is 11.8. The summed E-state index contributed by atoms with van der Waals surface area (Å²) in [6, 6.07) is 12.9. The van der Waals surface area contributed by atoms with Gasteiger partial charge in [0.05, 0.1) is 24.5 Å². The molecule has 24 heavy (non-hydrogen) atoms. The lowest BCUT2D eigenvalue weighted by atomic mass is 10.2. The summed E-state index contributed by atoms with van der Waals surface area (Å²) in [6.45, 7) is 0. The monoisotopic (exact) mass is 320 g/mol. The maximum Gasteiger partial charge on any atom is 0.271 e. The number of hydrogen-bond acceptors (Lipinski definition) is 4. The van der Waals surface area contributed by atoms with Crippen LogP contribution in [0.5, 0.6) is 5.75 Å². The van der Waals surface area contributed by atoms with Crippen LogP contribution in [0.2, 0.25) is 0 Å². The molecule has 0 unspecified atom stereocenters. The summed E-state index contributed by atoms with van der Waals surface area (Å²) in [4.78, 5) is 19.1. The van der Waals surface area contributed by atoms with Gasteiger partial charge in [0.25, 0.3) is 5.91 Å². The number of allylic oxidation sites excluding steroid dienone is 1. The Hall–Kier alpha value is -3.41. The number of benzene rings is 2. The zero-order valence-corrected chi connectivity index (χ0v) is 13.1. The fourth-order valence-electron chi connectivity index (χ4n) is 2.23. The third-order valence-electron chi connectivity index (χ3n) is 3.42. The summed E-state index contributed by atoms with van der Waals surface area (Å²) in [7, 11) is 1.62. The van der Waals surface area contributed by atoms with Crippen molar-refractivity contribution in [2.24, 2.45) is 5.10 Å². The van der Waals surface area contributed by atoms with E-state index in [4.69, 9.17) is 4.74 Å². The molecule has 6 heteroatoms. The maximum atomic E-state index is 12.0. The molecule has 0 saturated heterocycles. The van der Waals surface area contributed by atoms with E-state index in [1.165, 1.54) is 6.21 Å². The fraction of sp³-hybridized carbons (Fsp3) is 0.0556. The molecule has 0 saturated carbocycles. The SMILES string of the molecule is COc1ccccc1/C=C/C=NNC(=O)c1ccc2nc[nH]c2c1. The number of aromatic amines is 1. The van der Waals surface area contributed by atoms with Crippen LogP contribution < -0.4 is 10.2 Å². The van der Waals surface area contributed by atoms with Crippen LogP contribution in [0.3, 0.4) is 0 Å². The van der Waals surface area contributed by atoms with Gasteiger partial charge in [0.2, 0.25) is 0 Å². The number of rotatable bonds is 5. The molecule has 120 valence electrons. The summed E-state index contributed by atoms with van der Waals surface area (Å²) in [5.74, 6) is 0.493. The second kappa shape index (κ2) is 7.23. The Morgan fingerprint density at radius 3 is 3.04 bits per heavy atom. The van der Waals surface area contributed by atoms with Crippen molar-refractivity contribution in [3.8, 4) is 5.75 Å². The number of amides is 1. The fourth-order valence-corrected chi connectivity index (χ4v) is 2.23. The van der Waals surface area contributed by atoms with E-state index in [1.807, 2.05) is 30.3 Å². The van der Waals surface area contributed by atoms with Gasteiger partial charge in [-0.1, -0.05) is 18.2 Å². The highest BCUT2D eigenvalue weighted by Crippen LogP contribution is 2.18. The molecule has 6 nitrogen and oxygen atoms in total. The van der Waals surface area contributed by atoms with Crippen LogP contribution in [0.15, 0.2) is 60.0 Å². The first-order valence-electron chi connectivity index (χ1n) is 7.34. The molecule has 0 aliphatic rings. The lowest BCUT2D eigenvalue weighted by molar-refractivity contribution is 0.0955. The van der Waals surface area contributed by atoms with Gasteiger partial charge in [-0.3, -0.25) is 4.79 Å². The van der Waals surface area contributed by atoms with E-state index < -0.39 is 0 Å². The lowest BCUT2D eigenvalue weighted by Gasteiger charge is -2.02. The minimum absolute atomic E-state index is 0.284. The van der Waals surface area contributed by atoms with Gasteiger partial charge in [-0.05, 0) is 36.4 Å². The molecule has 0 aliphatic heterocycles. The number of para-hydroxylation sites is 1. The average Bonchev–Trinajstić information content (AvgIpc) is 3.09. The number of fused-ring (bicyclic) bond motifs is 1. The number of imidazole rings is 1. The van der Waals surface area contributed by atoms with Crippen molar-refractivity contribution in [3.63, 3.8) is 0 Å². The summed E-state index contributed by atoms with van der Waals surface area (Å²) in [5, 5.41) is 3.91. The van der Waals surface area contributed by atoms with Crippen LogP contribution >= 0.6 is 0 Å². The summed E-state index contributed by atoms with van der Waals surface area (Å²) >= 11 is 0. The molecule has 2 aromatic carbocycles. The number of hydrogen-bond donors (Lipinski definition) is 2. The highest BCUT2D eigenvalue weighted by molar-refractivity contribution is 5.97. The summed E-state index contributed by atoms with van der Waals surface area (Å²) in [6.07, 6.45) is 6.69. The molecule has 1 amide bonds. The first-order valence-corrected chi connectivity index (χ1v) is 7.34. The van der Waals surface area contributed by atoms with Crippen molar-refractivity contribution in [2.75, 3.05) is 7.11 Å². The molecule has 1 aromatic heterocycles. The minimum atomic E-state index is -0.284.